The van der Waals surface area contributed by atoms with Crippen molar-refractivity contribution in [1.82, 2.24) is 0 Å². The topological polar surface area (TPSA) is 85.3 Å². The summed E-state index contributed by atoms with van der Waals surface area (Å²) in [6, 6.07) is 2.74. The molecule has 1 aromatic rings. The number of carbonyl (C=O) groups excluding carboxylic acids is 1. The van der Waals surface area contributed by atoms with Crippen LogP contribution in [0, 0.1) is 0 Å². The molecule has 5 nitrogen and oxygen atoms in total. The van der Waals surface area contributed by atoms with Crippen LogP contribution in [0.25, 0.3) is 0 Å². The average Bonchev–Trinajstić information content (AvgIpc) is 2.34. The Balaban J connectivity index is 2.86. The maximum absolute atomic E-state index is 12.1. The number of hydrogen-bond donors (Lipinski definition) is 1. The third-order valence-corrected chi connectivity index (χ3v) is 6.96. The molecule has 0 saturated heterocycles. The van der Waals surface area contributed by atoms with Crippen molar-refractivity contribution in [2.45, 2.75) is 42.2 Å². The Morgan fingerprint density at radius 3 is 2.23 bits per heavy atom. The second kappa shape index (κ2) is 5.94. The van der Waals surface area contributed by atoms with E-state index in [2.05, 4.69) is 0 Å². The maximum atomic E-state index is 12.1. The number of carbonyl (C=O) groups is 1. The summed E-state index contributed by atoms with van der Waals surface area (Å²) in [4.78, 5) is 11.4. The molecule has 0 atom stereocenters. The minimum Gasteiger partial charge on any atom is -0.276 e. The molecule has 1 aliphatic rings. The van der Waals surface area contributed by atoms with Crippen LogP contribution >= 0.6 is 11.6 Å². The van der Waals surface area contributed by atoms with E-state index in [-0.39, 0.29) is 16.0 Å². The van der Waals surface area contributed by atoms with Crippen molar-refractivity contribution in [3.63, 3.8) is 0 Å². The Morgan fingerprint density at radius 2 is 1.91 bits per heavy atom. The summed E-state index contributed by atoms with van der Waals surface area (Å²) in [5.41, 5.74) is 0.949. The fraction of sp³-hybridized carbons (Fsp3) is 0.500. The number of rotatable bonds is 5. The van der Waals surface area contributed by atoms with Crippen LogP contribution in [-0.2, 0) is 31.7 Å². The highest BCUT2D eigenvalue weighted by molar-refractivity contribution is 7.90. The molecule has 0 spiro atoms. The van der Waals surface area contributed by atoms with E-state index in [9.17, 15) is 21.6 Å². The van der Waals surface area contributed by atoms with Gasteiger partial charge in [-0.2, -0.15) is 0 Å². The van der Waals surface area contributed by atoms with E-state index < -0.39 is 30.5 Å². The molecular weight excluding hydrogens is 348 g/mol. The Bertz CT molecular complexity index is 797. The SMILES string of the molecule is CCc1cc(C2([SH](=O)=O)CCC2)c(S(C)(=O)=O)cc1C(=O)Cl. The van der Waals surface area contributed by atoms with Crippen molar-refractivity contribution < 1.29 is 21.6 Å². The van der Waals surface area contributed by atoms with Crippen LogP contribution in [-0.4, -0.2) is 28.3 Å². The molecule has 1 saturated carbocycles. The summed E-state index contributed by atoms with van der Waals surface area (Å²) in [5.74, 6) is 0. The fourth-order valence-corrected chi connectivity index (χ4v) is 5.13. The lowest BCUT2D eigenvalue weighted by molar-refractivity contribution is 0.108. The van der Waals surface area contributed by atoms with Crippen molar-refractivity contribution in [2.24, 2.45) is 0 Å². The van der Waals surface area contributed by atoms with Crippen molar-refractivity contribution in [3.8, 4) is 0 Å². The maximum Gasteiger partial charge on any atom is 0.252 e. The van der Waals surface area contributed by atoms with E-state index in [1.807, 2.05) is 0 Å². The van der Waals surface area contributed by atoms with Crippen LogP contribution in [0.1, 0.15) is 47.7 Å². The zero-order valence-corrected chi connectivity index (χ0v) is 14.7. The van der Waals surface area contributed by atoms with Gasteiger partial charge in [0.05, 0.1) is 9.64 Å². The predicted molar refractivity (Wildman–Crippen MR) is 85.0 cm³/mol. The van der Waals surface area contributed by atoms with Gasteiger partial charge in [0.25, 0.3) is 5.24 Å². The molecular formula is C14H17ClO5S2. The zero-order chi connectivity index (χ0) is 16.7. The van der Waals surface area contributed by atoms with Crippen LogP contribution in [0.15, 0.2) is 17.0 Å². The molecule has 0 N–H and O–H groups in total. The summed E-state index contributed by atoms with van der Waals surface area (Å²) in [6.07, 6.45) is 2.97. The van der Waals surface area contributed by atoms with Gasteiger partial charge in [-0.25, -0.2) is 16.8 Å². The van der Waals surface area contributed by atoms with Gasteiger partial charge in [-0.15, -0.1) is 0 Å². The molecule has 0 aromatic heterocycles. The largest absolute Gasteiger partial charge is 0.276 e. The molecule has 1 fully saturated rings. The first-order chi connectivity index (χ1) is 10.1. The van der Waals surface area contributed by atoms with Crippen LogP contribution in [0.5, 0.6) is 0 Å². The first kappa shape index (κ1) is 17.4. The third-order valence-electron chi connectivity index (χ3n) is 4.23. The Morgan fingerprint density at radius 1 is 1.32 bits per heavy atom. The lowest BCUT2D eigenvalue weighted by Gasteiger charge is -2.38. The smallest absolute Gasteiger partial charge is 0.252 e. The highest BCUT2D eigenvalue weighted by Gasteiger charge is 2.45. The summed E-state index contributed by atoms with van der Waals surface area (Å²) in [5, 5.41) is -0.748. The van der Waals surface area contributed by atoms with Crippen LogP contribution in [0.3, 0.4) is 0 Å². The molecule has 0 aliphatic heterocycles. The van der Waals surface area contributed by atoms with E-state index in [0.717, 1.165) is 12.7 Å². The van der Waals surface area contributed by atoms with Crippen molar-refractivity contribution in [1.29, 1.82) is 0 Å². The number of hydrogen-bond acceptors (Lipinski definition) is 5. The Labute approximate surface area is 136 Å². The van der Waals surface area contributed by atoms with Crippen LogP contribution in [0.2, 0.25) is 0 Å². The highest BCUT2D eigenvalue weighted by Crippen LogP contribution is 2.47. The number of benzene rings is 1. The normalized spacial score (nSPS) is 17.3. The number of thiol groups is 1. The summed E-state index contributed by atoms with van der Waals surface area (Å²) in [6.45, 7) is 1.80. The van der Waals surface area contributed by atoms with Crippen molar-refractivity contribution in [2.75, 3.05) is 6.26 Å². The van der Waals surface area contributed by atoms with E-state index in [0.29, 0.717) is 24.8 Å². The number of sulfone groups is 1. The van der Waals surface area contributed by atoms with Gasteiger partial charge in [0.1, 0.15) is 10.7 Å². The number of aryl methyl sites for hydroxylation is 1. The van der Waals surface area contributed by atoms with Gasteiger partial charge >= 0.3 is 0 Å². The van der Waals surface area contributed by atoms with Gasteiger partial charge in [-0.3, -0.25) is 4.79 Å². The second-order valence-corrected chi connectivity index (χ2v) is 9.24. The van der Waals surface area contributed by atoms with Crippen molar-refractivity contribution >= 4 is 37.4 Å². The van der Waals surface area contributed by atoms with Gasteiger partial charge in [-0.1, -0.05) is 13.0 Å². The van der Waals surface area contributed by atoms with E-state index >= 15 is 0 Å². The van der Waals surface area contributed by atoms with E-state index in [1.165, 1.54) is 12.1 Å². The lowest BCUT2D eigenvalue weighted by atomic mass is 9.78. The summed E-state index contributed by atoms with van der Waals surface area (Å²) in [7, 11) is -6.51. The molecule has 22 heavy (non-hydrogen) atoms. The lowest BCUT2D eigenvalue weighted by Crippen LogP contribution is -2.37. The first-order valence-electron chi connectivity index (χ1n) is 6.85. The van der Waals surface area contributed by atoms with Gasteiger partial charge in [-0.05, 0) is 54.5 Å². The molecule has 0 radical (unpaired) electrons. The zero-order valence-electron chi connectivity index (χ0n) is 12.3. The molecule has 0 bridgehead atoms. The molecule has 2 rings (SSSR count). The summed E-state index contributed by atoms with van der Waals surface area (Å²) < 4.78 is 46.5. The van der Waals surface area contributed by atoms with Gasteiger partial charge < -0.3 is 0 Å². The van der Waals surface area contributed by atoms with Crippen LogP contribution < -0.4 is 0 Å². The molecule has 0 amide bonds. The van der Waals surface area contributed by atoms with Gasteiger partial charge in [0.2, 0.25) is 0 Å². The quantitative estimate of drug-likeness (QED) is 0.638. The molecule has 1 aliphatic carbocycles. The standard InChI is InChI=1S/C14H17ClO5S2/c1-3-9-7-11(14(21(17)18)5-4-6-14)12(22(2,19)20)8-10(9)13(15)16/h7-8,21H,3-6H2,1-2H3. The first-order valence-corrected chi connectivity index (χ1v) is 10.3. The number of halogens is 1. The van der Waals surface area contributed by atoms with Gasteiger partial charge in [0, 0.05) is 11.8 Å². The fourth-order valence-electron chi connectivity index (χ4n) is 2.83. The molecule has 1 aromatic carbocycles. The summed E-state index contributed by atoms with van der Waals surface area (Å²) >= 11 is 5.53. The molecule has 8 heteroatoms. The van der Waals surface area contributed by atoms with E-state index in [4.69, 9.17) is 11.6 Å². The Kier molecular flexibility index (Phi) is 4.71. The third kappa shape index (κ3) is 2.81. The van der Waals surface area contributed by atoms with Gasteiger partial charge in [0.15, 0.2) is 9.84 Å². The monoisotopic (exact) mass is 364 g/mol. The highest BCUT2D eigenvalue weighted by atomic mass is 35.5. The average molecular weight is 365 g/mol. The van der Waals surface area contributed by atoms with E-state index in [1.54, 1.807) is 6.92 Å². The van der Waals surface area contributed by atoms with Crippen molar-refractivity contribution in [3.05, 3.63) is 28.8 Å². The molecule has 0 heterocycles. The predicted octanol–water partition coefficient (Wildman–Crippen LogP) is 2.02. The molecule has 0 unspecified atom stereocenters. The Hall–Kier alpha value is -0.920. The molecule has 122 valence electrons. The minimum absolute atomic E-state index is 0.115. The minimum atomic E-state index is -3.69. The van der Waals surface area contributed by atoms with Crippen LogP contribution in [0.4, 0.5) is 0 Å². The second-order valence-electron chi connectivity index (χ2n) is 5.55.